The second-order valence-corrected chi connectivity index (χ2v) is 5.73. The zero-order chi connectivity index (χ0) is 14.7. The molecule has 1 atom stereocenters. The number of benzene rings is 1. The number of ether oxygens (including phenoxy) is 1. The first-order valence-electron chi connectivity index (χ1n) is 7.29. The van der Waals surface area contributed by atoms with Gasteiger partial charge in [0, 0.05) is 35.4 Å². The van der Waals surface area contributed by atoms with Crippen molar-refractivity contribution in [1.29, 1.82) is 0 Å². The number of fused-ring (bicyclic) bond motifs is 1. The molecule has 4 nitrogen and oxygen atoms in total. The van der Waals surface area contributed by atoms with Crippen molar-refractivity contribution in [3.63, 3.8) is 0 Å². The number of hydrogen-bond donors (Lipinski definition) is 1. The third kappa shape index (κ3) is 3.28. The fourth-order valence-electron chi connectivity index (χ4n) is 2.89. The number of rotatable bonds is 4. The van der Waals surface area contributed by atoms with Crippen molar-refractivity contribution in [3.05, 3.63) is 35.5 Å². The van der Waals surface area contributed by atoms with Crippen LogP contribution in [-0.2, 0) is 4.74 Å². The lowest BCUT2D eigenvalue weighted by molar-refractivity contribution is 0.0215. The summed E-state index contributed by atoms with van der Waals surface area (Å²) < 4.78 is 5.69. The zero-order valence-corrected chi connectivity index (χ0v) is 12.6. The summed E-state index contributed by atoms with van der Waals surface area (Å²) in [5.74, 6) is 0. The van der Waals surface area contributed by atoms with Gasteiger partial charge in [0.05, 0.1) is 24.8 Å². The summed E-state index contributed by atoms with van der Waals surface area (Å²) in [6.45, 7) is 2.32. The van der Waals surface area contributed by atoms with E-state index < -0.39 is 0 Å². The van der Waals surface area contributed by atoms with Crippen molar-refractivity contribution in [2.45, 2.75) is 18.9 Å². The van der Waals surface area contributed by atoms with Crippen LogP contribution in [-0.4, -0.2) is 42.5 Å². The minimum atomic E-state index is 0.0737. The van der Waals surface area contributed by atoms with E-state index in [1.54, 1.807) is 0 Å². The highest BCUT2D eigenvalue weighted by atomic mass is 35.5. The van der Waals surface area contributed by atoms with Gasteiger partial charge < -0.3 is 14.7 Å². The minimum absolute atomic E-state index is 0.0737. The zero-order valence-electron chi connectivity index (χ0n) is 11.8. The molecule has 1 unspecified atom stereocenters. The molecule has 1 aliphatic heterocycles. The average Bonchev–Trinajstić information content (AvgIpc) is 2.52. The predicted molar refractivity (Wildman–Crippen MR) is 85.0 cm³/mol. The Morgan fingerprint density at radius 3 is 3.14 bits per heavy atom. The Morgan fingerprint density at radius 2 is 2.29 bits per heavy atom. The number of aliphatic hydroxyl groups is 1. The highest BCUT2D eigenvalue weighted by Gasteiger charge is 2.21. The molecule has 0 bridgehead atoms. The average molecular weight is 307 g/mol. The summed E-state index contributed by atoms with van der Waals surface area (Å²) in [5, 5.41) is 10.7. The lowest BCUT2D eigenvalue weighted by Gasteiger charge is -2.34. The van der Waals surface area contributed by atoms with Gasteiger partial charge in [0.2, 0.25) is 0 Å². The normalized spacial score (nSPS) is 19.1. The molecule has 0 saturated carbocycles. The van der Waals surface area contributed by atoms with Crippen LogP contribution in [0, 0.1) is 0 Å². The van der Waals surface area contributed by atoms with E-state index in [1.165, 1.54) is 0 Å². The molecule has 112 valence electrons. The van der Waals surface area contributed by atoms with Gasteiger partial charge in [0.15, 0.2) is 0 Å². The number of anilines is 1. The molecule has 0 amide bonds. The van der Waals surface area contributed by atoms with E-state index in [1.807, 2.05) is 30.5 Å². The Hall–Kier alpha value is -1.36. The number of pyridine rings is 1. The molecule has 3 rings (SSSR count). The van der Waals surface area contributed by atoms with Gasteiger partial charge in [-0.2, -0.15) is 0 Å². The Labute approximate surface area is 129 Å². The van der Waals surface area contributed by atoms with Crippen molar-refractivity contribution in [2.75, 3.05) is 31.2 Å². The molecule has 1 N–H and O–H groups in total. The van der Waals surface area contributed by atoms with Gasteiger partial charge in [-0.1, -0.05) is 11.6 Å². The largest absolute Gasteiger partial charge is 0.394 e. The van der Waals surface area contributed by atoms with Crippen LogP contribution in [0.15, 0.2) is 30.5 Å². The Balaban J connectivity index is 1.87. The number of hydrogen-bond acceptors (Lipinski definition) is 4. The Kier molecular flexibility index (Phi) is 4.58. The van der Waals surface area contributed by atoms with Crippen LogP contribution in [0.3, 0.4) is 0 Å². The van der Waals surface area contributed by atoms with Crippen molar-refractivity contribution in [1.82, 2.24) is 4.98 Å². The topological polar surface area (TPSA) is 45.6 Å². The van der Waals surface area contributed by atoms with Gasteiger partial charge in [-0.05, 0) is 37.1 Å². The van der Waals surface area contributed by atoms with E-state index in [-0.39, 0.29) is 12.7 Å². The molecule has 1 saturated heterocycles. The first-order valence-corrected chi connectivity index (χ1v) is 7.67. The van der Waals surface area contributed by atoms with E-state index in [4.69, 9.17) is 21.4 Å². The lowest BCUT2D eigenvalue weighted by atomic mass is 10.1. The SMILES string of the molecule is OCCOC1CCCN(c2ccnc3ccc(Cl)cc23)C1. The Morgan fingerprint density at radius 1 is 1.38 bits per heavy atom. The summed E-state index contributed by atoms with van der Waals surface area (Å²) in [6.07, 6.45) is 4.14. The molecule has 5 heteroatoms. The van der Waals surface area contributed by atoms with Crippen molar-refractivity contribution in [2.24, 2.45) is 0 Å². The number of nitrogens with zero attached hydrogens (tertiary/aromatic N) is 2. The van der Waals surface area contributed by atoms with Crippen LogP contribution < -0.4 is 4.90 Å². The Bertz CT molecular complexity index is 620. The quantitative estimate of drug-likeness (QED) is 0.943. The maximum Gasteiger partial charge on any atom is 0.0751 e. The third-order valence-corrected chi connectivity index (χ3v) is 4.08. The molecule has 21 heavy (non-hydrogen) atoms. The molecule has 0 radical (unpaired) electrons. The van der Waals surface area contributed by atoms with Gasteiger partial charge in [0.25, 0.3) is 0 Å². The third-order valence-electron chi connectivity index (χ3n) is 3.84. The van der Waals surface area contributed by atoms with Crippen LogP contribution in [0.2, 0.25) is 5.02 Å². The predicted octanol–water partition coefficient (Wildman–Crippen LogP) is 2.87. The summed E-state index contributed by atoms with van der Waals surface area (Å²) in [4.78, 5) is 6.72. The monoisotopic (exact) mass is 306 g/mol. The number of aliphatic hydroxyl groups excluding tert-OH is 1. The number of piperidine rings is 1. The van der Waals surface area contributed by atoms with Gasteiger partial charge in [-0.25, -0.2) is 0 Å². The second kappa shape index (κ2) is 6.60. The number of halogens is 1. The first-order chi connectivity index (χ1) is 10.3. The van der Waals surface area contributed by atoms with Crippen molar-refractivity contribution >= 4 is 28.2 Å². The minimum Gasteiger partial charge on any atom is -0.394 e. The molecular weight excluding hydrogens is 288 g/mol. The van der Waals surface area contributed by atoms with E-state index in [0.29, 0.717) is 6.61 Å². The second-order valence-electron chi connectivity index (χ2n) is 5.30. The summed E-state index contributed by atoms with van der Waals surface area (Å²) in [6, 6.07) is 7.82. The van der Waals surface area contributed by atoms with Crippen molar-refractivity contribution < 1.29 is 9.84 Å². The number of aromatic nitrogens is 1. The van der Waals surface area contributed by atoms with E-state index in [0.717, 1.165) is 47.5 Å². The van der Waals surface area contributed by atoms with Crippen molar-refractivity contribution in [3.8, 4) is 0 Å². The van der Waals surface area contributed by atoms with E-state index in [2.05, 4.69) is 9.88 Å². The molecule has 0 aliphatic carbocycles. The maximum atomic E-state index is 8.89. The summed E-state index contributed by atoms with van der Waals surface area (Å²) >= 11 is 6.13. The highest BCUT2D eigenvalue weighted by molar-refractivity contribution is 6.31. The first kappa shape index (κ1) is 14.6. The van der Waals surface area contributed by atoms with Gasteiger partial charge in [0.1, 0.15) is 0 Å². The molecule has 1 aromatic heterocycles. The summed E-state index contributed by atoms with van der Waals surface area (Å²) in [7, 11) is 0. The van der Waals surface area contributed by atoms with Gasteiger partial charge >= 0.3 is 0 Å². The fourth-order valence-corrected chi connectivity index (χ4v) is 3.06. The summed E-state index contributed by atoms with van der Waals surface area (Å²) in [5.41, 5.74) is 2.11. The van der Waals surface area contributed by atoms with Crippen LogP contribution in [0.1, 0.15) is 12.8 Å². The standard InChI is InChI=1S/C16H19ClN2O2/c17-12-3-4-15-14(10-12)16(5-6-18-15)19-7-1-2-13(11-19)21-9-8-20/h3-6,10,13,20H,1-2,7-9,11H2. The molecule has 0 spiro atoms. The highest BCUT2D eigenvalue weighted by Crippen LogP contribution is 2.30. The maximum absolute atomic E-state index is 8.89. The molecule has 2 heterocycles. The molecule has 1 fully saturated rings. The van der Waals surface area contributed by atoms with Crippen LogP contribution in [0.5, 0.6) is 0 Å². The lowest BCUT2D eigenvalue weighted by Crippen LogP contribution is -2.40. The van der Waals surface area contributed by atoms with Crippen LogP contribution in [0.25, 0.3) is 10.9 Å². The smallest absolute Gasteiger partial charge is 0.0751 e. The van der Waals surface area contributed by atoms with Crippen LogP contribution in [0.4, 0.5) is 5.69 Å². The molecule has 2 aromatic rings. The van der Waals surface area contributed by atoms with Crippen LogP contribution >= 0.6 is 11.6 Å². The molecule has 1 aliphatic rings. The van der Waals surface area contributed by atoms with Gasteiger partial charge in [-0.15, -0.1) is 0 Å². The molecular formula is C16H19ClN2O2. The van der Waals surface area contributed by atoms with E-state index >= 15 is 0 Å². The fraction of sp³-hybridized carbons (Fsp3) is 0.438. The molecule has 1 aromatic carbocycles. The van der Waals surface area contributed by atoms with Gasteiger partial charge in [-0.3, -0.25) is 4.98 Å². The van der Waals surface area contributed by atoms with E-state index in [9.17, 15) is 0 Å².